The van der Waals surface area contributed by atoms with Gasteiger partial charge in [0.25, 0.3) is 0 Å². The summed E-state index contributed by atoms with van der Waals surface area (Å²) in [7, 11) is 0. The number of aliphatic hydroxyl groups excluding tert-OH is 1. The average molecular weight is 278 g/mol. The molecule has 4 nitrogen and oxygen atoms in total. The van der Waals surface area contributed by atoms with Crippen LogP contribution in [0.5, 0.6) is 0 Å². The summed E-state index contributed by atoms with van der Waals surface area (Å²) in [6.45, 7) is -0.208. The number of oxazole rings is 1. The molecule has 0 radical (unpaired) electrons. The van der Waals surface area contributed by atoms with Gasteiger partial charge in [-0.05, 0) is 12.5 Å². The van der Waals surface area contributed by atoms with Crippen molar-refractivity contribution >= 4 is 0 Å². The van der Waals surface area contributed by atoms with E-state index in [2.05, 4.69) is 4.98 Å². The van der Waals surface area contributed by atoms with Gasteiger partial charge in [0.05, 0.1) is 18.2 Å². The molecule has 1 heterocycles. The molecule has 20 heavy (non-hydrogen) atoms. The third kappa shape index (κ3) is 2.68. The molecule has 1 aromatic heterocycles. The number of rotatable bonds is 5. The van der Waals surface area contributed by atoms with Gasteiger partial charge in [0.15, 0.2) is 18.0 Å². The van der Waals surface area contributed by atoms with E-state index in [1.165, 1.54) is 24.7 Å². The molecule has 0 aliphatic rings. The molecule has 2 aromatic rings. The number of hydrogen-bond donors (Lipinski definition) is 1. The molecule has 0 aliphatic carbocycles. The Morgan fingerprint density at radius 2 is 2.20 bits per heavy atom. The van der Waals surface area contributed by atoms with Crippen LogP contribution in [0.2, 0.25) is 0 Å². The molecule has 0 spiro atoms. The third-order valence-electron chi connectivity index (χ3n) is 3.11. The fourth-order valence-electron chi connectivity index (χ4n) is 2.16. The fraction of sp³-hybridized carbons (Fsp3) is 0.286. The highest BCUT2D eigenvalue weighted by atomic mass is 19.2. The molecular weight excluding hydrogens is 266 g/mol. The van der Waals surface area contributed by atoms with Gasteiger partial charge in [0.1, 0.15) is 5.76 Å². The number of aromatic nitrogens is 1. The Morgan fingerprint density at radius 3 is 2.80 bits per heavy atom. The Hall–Kier alpha value is -2.26. The molecule has 2 rings (SSSR count). The van der Waals surface area contributed by atoms with Crippen molar-refractivity contribution < 1.29 is 18.3 Å². The Kier molecular flexibility index (Phi) is 4.43. The minimum atomic E-state index is -1.05. The van der Waals surface area contributed by atoms with Crippen LogP contribution in [0.25, 0.3) is 0 Å². The van der Waals surface area contributed by atoms with Crippen molar-refractivity contribution in [1.29, 1.82) is 5.26 Å². The quantitative estimate of drug-likeness (QED) is 0.912. The average Bonchev–Trinajstić information content (AvgIpc) is 2.97. The van der Waals surface area contributed by atoms with Gasteiger partial charge in [-0.1, -0.05) is 12.1 Å². The first kappa shape index (κ1) is 14.2. The number of nitrogens with zero attached hydrogens (tertiary/aromatic N) is 2. The second-order valence-electron chi connectivity index (χ2n) is 4.27. The predicted molar refractivity (Wildman–Crippen MR) is 65.7 cm³/mol. The summed E-state index contributed by atoms with van der Waals surface area (Å²) < 4.78 is 32.3. The zero-order chi connectivity index (χ0) is 14.5. The van der Waals surface area contributed by atoms with E-state index in [0.29, 0.717) is 5.76 Å². The molecule has 6 heteroatoms. The first-order chi connectivity index (χ1) is 9.69. The van der Waals surface area contributed by atoms with Crippen molar-refractivity contribution in [2.45, 2.75) is 18.3 Å². The lowest BCUT2D eigenvalue weighted by Crippen LogP contribution is -2.13. The highest BCUT2D eigenvalue weighted by Gasteiger charge is 2.30. The van der Waals surface area contributed by atoms with Gasteiger partial charge >= 0.3 is 0 Å². The molecule has 0 unspecified atom stereocenters. The number of benzene rings is 1. The minimum Gasteiger partial charge on any atom is -0.448 e. The second-order valence-corrected chi connectivity index (χ2v) is 4.27. The number of hydrogen-bond acceptors (Lipinski definition) is 4. The lowest BCUT2D eigenvalue weighted by atomic mass is 9.83. The second kappa shape index (κ2) is 6.26. The van der Waals surface area contributed by atoms with Gasteiger partial charge in [-0.15, -0.1) is 0 Å². The van der Waals surface area contributed by atoms with Crippen LogP contribution in [-0.4, -0.2) is 16.7 Å². The lowest BCUT2D eigenvalue weighted by molar-refractivity contribution is 0.262. The molecule has 1 aromatic carbocycles. The van der Waals surface area contributed by atoms with Crippen LogP contribution in [0, 0.1) is 23.0 Å². The van der Waals surface area contributed by atoms with Crippen LogP contribution in [-0.2, 0) is 0 Å². The van der Waals surface area contributed by atoms with E-state index in [4.69, 9.17) is 9.52 Å². The largest absolute Gasteiger partial charge is 0.448 e. The standard InChI is InChI=1S/C14H12F2N2O2/c15-12-3-1-2-10(14(12)16)11(6-17)9(4-5-19)13-7-18-8-20-13/h1-3,7-9,11,19H,4-5H2/t9-,11+/m0/s1. The minimum absolute atomic E-state index is 0.0534. The molecule has 1 N–H and O–H groups in total. The topological polar surface area (TPSA) is 70.0 Å². The molecule has 104 valence electrons. The van der Waals surface area contributed by atoms with Gasteiger partial charge in [0.2, 0.25) is 0 Å². The summed E-state index contributed by atoms with van der Waals surface area (Å²) in [5, 5.41) is 18.4. The Labute approximate surface area is 114 Å². The molecule has 0 aliphatic heterocycles. The summed E-state index contributed by atoms with van der Waals surface area (Å²) in [6.07, 6.45) is 2.78. The van der Waals surface area contributed by atoms with E-state index in [-0.39, 0.29) is 18.6 Å². The maximum atomic E-state index is 13.8. The van der Waals surface area contributed by atoms with Gasteiger partial charge in [-0.2, -0.15) is 5.26 Å². The van der Waals surface area contributed by atoms with E-state index in [9.17, 15) is 14.0 Å². The van der Waals surface area contributed by atoms with Crippen molar-refractivity contribution in [2.24, 2.45) is 0 Å². The van der Waals surface area contributed by atoms with E-state index in [0.717, 1.165) is 6.07 Å². The summed E-state index contributed by atoms with van der Waals surface area (Å²) in [6, 6.07) is 5.64. The Morgan fingerprint density at radius 1 is 1.40 bits per heavy atom. The van der Waals surface area contributed by atoms with Gasteiger partial charge in [-0.3, -0.25) is 0 Å². The zero-order valence-corrected chi connectivity index (χ0v) is 10.5. The maximum Gasteiger partial charge on any atom is 0.180 e. The monoisotopic (exact) mass is 278 g/mol. The van der Waals surface area contributed by atoms with Crippen molar-refractivity contribution in [3.8, 4) is 6.07 Å². The number of nitriles is 1. The summed E-state index contributed by atoms with van der Waals surface area (Å²) >= 11 is 0. The maximum absolute atomic E-state index is 13.8. The van der Waals surface area contributed by atoms with Gasteiger partial charge < -0.3 is 9.52 Å². The van der Waals surface area contributed by atoms with Gasteiger partial charge in [0, 0.05) is 18.1 Å². The molecule has 0 saturated heterocycles. The molecule has 0 amide bonds. The SMILES string of the molecule is N#C[C@@H](c1cccc(F)c1F)[C@H](CCO)c1cnco1. The Balaban J connectivity index is 2.44. The van der Waals surface area contributed by atoms with Crippen molar-refractivity contribution in [3.63, 3.8) is 0 Å². The predicted octanol–water partition coefficient (Wildman–Crippen LogP) is 2.73. The smallest absolute Gasteiger partial charge is 0.180 e. The number of halogens is 2. The van der Waals surface area contributed by atoms with E-state index in [1.807, 2.05) is 6.07 Å². The van der Waals surface area contributed by atoms with Crippen LogP contribution >= 0.6 is 0 Å². The molecule has 0 fully saturated rings. The zero-order valence-electron chi connectivity index (χ0n) is 10.5. The summed E-state index contributed by atoms with van der Waals surface area (Å²) in [5.74, 6) is -3.27. The summed E-state index contributed by atoms with van der Waals surface area (Å²) in [4.78, 5) is 3.75. The van der Waals surface area contributed by atoms with E-state index < -0.39 is 23.5 Å². The molecular formula is C14H12F2N2O2. The van der Waals surface area contributed by atoms with Crippen molar-refractivity contribution in [2.75, 3.05) is 6.61 Å². The van der Waals surface area contributed by atoms with Crippen LogP contribution in [0.3, 0.4) is 0 Å². The molecule has 0 saturated carbocycles. The first-order valence-electron chi connectivity index (χ1n) is 6.01. The van der Waals surface area contributed by atoms with E-state index in [1.54, 1.807) is 0 Å². The summed E-state index contributed by atoms with van der Waals surface area (Å²) in [5.41, 5.74) is -0.0534. The van der Waals surface area contributed by atoms with Crippen LogP contribution < -0.4 is 0 Å². The fourth-order valence-corrected chi connectivity index (χ4v) is 2.16. The number of aliphatic hydroxyl groups is 1. The normalized spacial score (nSPS) is 13.7. The van der Waals surface area contributed by atoms with Crippen molar-refractivity contribution in [1.82, 2.24) is 4.98 Å². The van der Waals surface area contributed by atoms with Gasteiger partial charge in [-0.25, -0.2) is 13.8 Å². The van der Waals surface area contributed by atoms with Crippen LogP contribution in [0.15, 0.2) is 35.2 Å². The lowest BCUT2D eigenvalue weighted by Gasteiger charge is -2.19. The van der Waals surface area contributed by atoms with Crippen LogP contribution in [0.4, 0.5) is 8.78 Å². The molecule has 0 bridgehead atoms. The molecule has 2 atom stereocenters. The first-order valence-corrected chi connectivity index (χ1v) is 6.01. The Bertz CT molecular complexity index is 608. The van der Waals surface area contributed by atoms with Crippen LogP contribution in [0.1, 0.15) is 29.6 Å². The van der Waals surface area contributed by atoms with E-state index >= 15 is 0 Å². The highest BCUT2D eigenvalue weighted by molar-refractivity contribution is 5.31. The highest BCUT2D eigenvalue weighted by Crippen LogP contribution is 2.36. The van der Waals surface area contributed by atoms with Crippen molar-refractivity contribution in [3.05, 3.63) is 53.7 Å². The third-order valence-corrected chi connectivity index (χ3v) is 3.11.